The second kappa shape index (κ2) is 4.37. The number of nitrogens with one attached hydrogen (secondary N) is 1. The molecule has 0 aliphatic heterocycles. The van der Waals surface area contributed by atoms with Crippen LogP contribution in [0.3, 0.4) is 0 Å². The highest BCUT2D eigenvalue weighted by molar-refractivity contribution is 5.97. The minimum absolute atomic E-state index is 0.0134. The summed E-state index contributed by atoms with van der Waals surface area (Å²) in [7, 11) is 1.47. The molecule has 5 nitrogen and oxygen atoms in total. The summed E-state index contributed by atoms with van der Waals surface area (Å²) in [4.78, 5) is 14.3. The van der Waals surface area contributed by atoms with Gasteiger partial charge in [0, 0.05) is 5.39 Å². The summed E-state index contributed by atoms with van der Waals surface area (Å²) >= 11 is 0. The lowest BCUT2D eigenvalue weighted by Gasteiger charge is -2.02. The Hall–Kier alpha value is -2.17. The summed E-state index contributed by atoms with van der Waals surface area (Å²) in [5.74, 6) is -0.0997. The molecule has 1 heterocycles. The van der Waals surface area contributed by atoms with E-state index in [0.29, 0.717) is 23.6 Å². The van der Waals surface area contributed by atoms with Crippen LogP contribution >= 0.6 is 0 Å². The molecule has 1 aromatic heterocycles. The highest BCUT2D eigenvalue weighted by Gasteiger charge is 2.14. The highest BCUT2D eigenvalue weighted by Crippen LogP contribution is 2.34. The molecule has 5 heteroatoms. The van der Waals surface area contributed by atoms with Gasteiger partial charge in [-0.1, -0.05) is 0 Å². The number of rotatable bonds is 3. The minimum atomic E-state index is -0.443. The number of H-pyrrole nitrogens is 1. The van der Waals surface area contributed by atoms with E-state index in [0.717, 1.165) is 5.39 Å². The smallest absolute Gasteiger partial charge is 0.354 e. The molecule has 2 rings (SSSR count). The molecule has 0 saturated heterocycles. The van der Waals surface area contributed by atoms with E-state index in [1.54, 1.807) is 25.1 Å². The van der Waals surface area contributed by atoms with E-state index < -0.39 is 5.97 Å². The van der Waals surface area contributed by atoms with Crippen LogP contribution in [0.25, 0.3) is 10.9 Å². The van der Waals surface area contributed by atoms with Gasteiger partial charge in [0.15, 0.2) is 11.5 Å². The second-order valence-corrected chi connectivity index (χ2v) is 3.48. The standard InChI is InChI=1S/C12H13NO4/c1-3-17-12(15)8-6-7-4-5-9(16-2)11(14)10(7)13-8/h4-6,13-14H,3H2,1-2H3. The van der Waals surface area contributed by atoms with Crippen LogP contribution in [0.2, 0.25) is 0 Å². The van der Waals surface area contributed by atoms with Crippen LogP contribution in [0.15, 0.2) is 18.2 Å². The third-order valence-corrected chi connectivity index (χ3v) is 2.45. The highest BCUT2D eigenvalue weighted by atomic mass is 16.5. The van der Waals surface area contributed by atoms with Crippen molar-refractivity contribution in [2.45, 2.75) is 6.92 Å². The summed E-state index contributed by atoms with van der Waals surface area (Å²) < 4.78 is 9.85. The van der Waals surface area contributed by atoms with Crippen molar-refractivity contribution in [3.05, 3.63) is 23.9 Å². The van der Waals surface area contributed by atoms with Crippen LogP contribution in [-0.4, -0.2) is 29.8 Å². The average molecular weight is 235 g/mol. The number of aromatic amines is 1. The third kappa shape index (κ3) is 1.91. The van der Waals surface area contributed by atoms with Crippen molar-refractivity contribution < 1.29 is 19.4 Å². The van der Waals surface area contributed by atoms with Crippen molar-refractivity contribution in [2.24, 2.45) is 0 Å². The van der Waals surface area contributed by atoms with E-state index >= 15 is 0 Å². The Morgan fingerprint density at radius 2 is 2.24 bits per heavy atom. The van der Waals surface area contributed by atoms with Crippen molar-refractivity contribution in [2.75, 3.05) is 13.7 Å². The van der Waals surface area contributed by atoms with Crippen LogP contribution in [0, 0.1) is 0 Å². The van der Waals surface area contributed by atoms with Crippen molar-refractivity contribution in [3.8, 4) is 11.5 Å². The van der Waals surface area contributed by atoms with Gasteiger partial charge in [0.25, 0.3) is 0 Å². The zero-order valence-electron chi connectivity index (χ0n) is 9.61. The van der Waals surface area contributed by atoms with Gasteiger partial charge in [-0.2, -0.15) is 0 Å². The van der Waals surface area contributed by atoms with E-state index in [9.17, 15) is 9.90 Å². The van der Waals surface area contributed by atoms with Crippen LogP contribution in [0.4, 0.5) is 0 Å². The number of benzene rings is 1. The maximum Gasteiger partial charge on any atom is 0.354 e. The molecule has 90 valence electrons. The predicted octanol–water partition coefficient (Wildman–Crippen LogP) is 2.06. The van der Waals surface area contributed by atoms with Crippen LogP contribution < -0.4 is 4.74 Å². The van der Waals surface area contributed by atoms with Crippen molar-refractivity contribution in [3.63, 3.8) is 0 Å². The van der Waals surface area contributed by atoms with Gasteiger partial charge in [-0.3, -0.25) is 0 Å². The van der Waals surface area contributed by atoms with E-state index in [1.807, 2.05) is 0 Å². The zero-order valence-corrected chi connectivity index (χ0v) is 9.61. The molecule has 0 bridgehead atoms. The molecule has 2 aromatic rings. The van der Waals surface area contributed by atoms with Crippen molar-refractivity contribution in [1.82, 2.24) is 4.98 Å². The molecule has 0 spiro atoms. The fraction of sp³-hybridized carbons (Fsp3) is 0.250. The number of esters is 1. The number of aromatic nitrogens is 1. The molecule has 0 fully saturated rings. The molecule has 1 aromatic carbocycles. The minimum Gasteiger partial charge on any atom is -0.503 e. The van der Waals surface area contributed by atoms with Gasteiger partial charge in [0.1, 0.15) is 5.69 Å². The maximum absolute atomic E-state index is 11.5. The van der Waals surface area contributed by atoms with Gasteiger partial charge >= 0.3 is 5.97 Å². The number of aromatic hydroxyl groups is 1. The first-order valence-corrected chi connectivity index (χ1v) is 5.23. The Morgan fingerprint density at radius 1 is 1.47 bits per heavy atom. The van der Waals surface area contributed by atoms with E-state index in [4.69, 9.17) is 9.47 Å². The quantitative estimate of drug-likeness (QED) is 0.799. The fourth-order valence-electron chi connectivity index (χ4n) is 1.65. The van der Waals surface area contributed by atoms with Gasteiger partial charge in [0.05, 0.1) is 19.2 Å². The summed E-state index contributed by atoms with van der Waals surface area (Å²) in [5.41, 5.74) is 0.776. The van der Waals surface area contributed by atoms with Crippen molar-refractivity contribution in [1.29, 1.82) is 0 Å². The SMILES string of the molecule is CCOC(=O)c1cc2ccc(OC)c(O)c2[nH]1. The Labute approximate surface area is 98.0 Å². The van der Waals surface area contributed by atoms with Gasteiger partial charge in [0.2, 0.25) is 0 Å². The first-order chi connectivity index (χ1) is 8.17. The number of ether oxygens (including phenoxy) is 2. The Kier molecular flexibility index (Phi) is 2.91. The van der Waals surface area contributed by atoms with E-state index in [-0.39, 0.29) is 5.75 Å². The van der Waals surface area contributed by atoms with E-state index in [1.165, 1.54) is 7.11 Å². The molecule has 0 unspecified atom stereocenters. The van der Waals surface area contributed by atoms with Crippen LogP contribution in [0.5, 0.6) is 11.5 Å². The number of hydrogen-bond donors (Lipinski definition) is 2. The van der Waals surface area contributed by atoms with Gasteiger partial charge in [-0.25, -0.2) is 4.79 Å². The normalized spacial score (nSPS) is 10.5. The molecule has 0 amide bonds. The van der Waals surface area contributed by atoms with Crippen LogP contribution in [-0.2, 0) is 4.74 Å². The van der Waals surface area contributed by atoms with Gasteiger partial charge in [-0.15, -0.1) is 0 Å². The van der Waals surface area contributed by atoms with Crippen molar-refractivity contribution >= 4 is 16.9 Å². The summed E-state index contributed by atoms with van der Waals surface area (Å²) in [6, 6.07) is 5.03. The molecule has 0 radical (unpaired) electrons. The largest absolute Gasteiger partial charge is 0.503 e. The molecule has 0 aliphatic rings. The molecule has 17 heavy (non-hydrogen) atoms. The molecule has 2 N–H and O–H groups in total. The molecular formula is C12H13NO4. The number of phenolic OH excluding ortho intramolecular Hbond substituents is 1. The maximum atomic E-state index is 11.5. The number of carbonyl (C=O) groups is 1. The number of phenols is 1. The number of hydrogen-bond acceptors (Lipinski definition) is 4. The third-order valence-electron chi connectivity index (χ3n) is 2.45. The van der Waals surface area contributed by atoms with Gasteiger partial charge < -0.3 is 19.6 Å². The molecule has 0 saturated carbocycles. The first kappa shape index (κ1) is 11.3. The summed E-state index contributed by atoms with van der Waals surface area (Å²) in [6.45, 7) is 2.05. The monoisotopic (exact) mass is 235 g/mol. The average Bonchev–Trinajstić information content (AvgIpc) is 2.75. The molecular weight excluding hydrogens is 222 g/mol. The number of fused-ring (bicyclic) bond motifs is 1. The summed E-state index contributed by atoms with van der Waals surface area (Å²) in [5, 5.41) is 10.6. The molecule has 0 aliphatic carbocycles. The van der Waals surface area contributed by atoms with E-state index in [2.05, 4.69) is 4.98 Å². The Balaban J connectivity index is 2.50. The Morgan fingerprint density at radius 3 is 2.88 bits per heavy atom. The number of carbonyl (C=O) groups excluding carboxylic acids is 1. The number of methoxy groups -OCH3 is 1. The summed E-state index contributed by atoms with van der Waals surface area (Å²) in [6.07, 6.45) is 0. The Bertz CT molecular complexity index is 559. The zero-order chi connectivity index (χ0) is 12.4. The first-order valence-electron chi connectivity index (χ1n) is 5.23. The van der Waals surface area contributed by atoms with Gasteiger partial charge in [-0.05, 0) is 25.1 Å². The lowest BCUT2D eigenvalue weighted by Crippen LogP contribution is -2.04. The lowest BCUT2D eigenvalue weighted by molar-refractivity contribution is 0.0520. The fourth-order valence-corrected chi connectivity index (χ4v) is 1.65. The lowest BCUT2D eigenvalue weighted by atomic mass is 10.2. The predicted molar refractivity (Wildman–Crippen MR) is 62.5 cm³/mol. The molecule has 0 atom stereocenters. The topological polar surface area (TPSA) is 71.6 Å². The second-order valence-electron chi connectivity index (χ2n) is 3.48. The van der Waals surface area contributed by atoms with Crippen LogP contribution in [0.1, 0.15) is 17.4 Å².